The lowest BCUT2D eigenvalue weighted by Gasteiger charge is -2.12. The SMILES string of the molecule is CN1C=N/C(=C(/N)c2ccccc2)C1.NCn1c2c3ccccc3ccc2c2ccc3c4ccc5ccccc5c4n(-c4ccccc4)c3c21. The molecule has 6 nitrogen and oxygen atoms in total. The maximum absolute atomic E-state index is 6.54. The Bertz CT molecular complexity index is 2790. The summed E-state index contributed by atoms with van der Waals surface area (Å²) in [4.78, 5) is 6.25. The van der Waals surface area contributed by atoms with E-state index < -0.39 is 0 Å². The first-order valence-electron chi connectivity index (χ1n) is 16.9. The number of nitrogens with zero attached hydrogens (tertiary/aromatic N) is 4. The number of nitrogens with two attached hydrogens (primary N) is 2. The fourth-order valence-corrected chi connectivity index (χ4v) is 7.66. The van der Waals surface area contributed by atoms with Crippen LogP contribution in [0.3, 0.4) is 0 Å². The highest BCUT2D eigenvalue weighted by atomic mass is 15.2. The van der Waals surface area contributed by atoms with Gasteiger partial charge in [0.2, 0.25) is 0 Å². The van der Waals surface area contributed by atoms with Crippen LogP contribution in [0.25, 0.3) is 76.5 Å². The minimum absolute atomic E-state index is 0.407. The monoisotopic (exact) mass is 648 g/mol. The minimum Gasteiger partial charge on any atom is -0.397 e. The van der Waals surface area contributed by atoms with Crippen molar-refractivity contribution < 1.29 is 0 Å². The fraction of sp³-hybridized carbons (Fsp3) is 0.0682. The molecule has 0 atom stereocenters. The summed E-state index contributed by atoms with van der Waals surface area (Å²) in [5.41, 5.74) is 21.3. The Kier molecular flexibility index (Phi) is 7.11. The summed E-state index contributed by atoms with van der Waals surface area (Å²) in [5.74, 6) is 0. The summed E-state index contributed by atoms with van der Waals surface area (Å²) < 4.78 is 4.76. The predicted octanol–water partition coefficient (Wildman–Crippen LogP) is 9.40. The molecule has 0 unspecified atom stereocenters. The molecule has 0 bridgehead atoms. The van der Waals surface area contributed by atoms with Gasteiger partial charge in [-0.15, -0.1) is 0 Å². The zero-order valence-electron chi connectivity index (χ0n) is 27.8. The maximum Gasteiger partial charge on any atom is 0.0911 e. The first-order valence-corrected chi connectivity index (χ1v) is 16.9. The molecule has 0 fully saturated rings. The van der Waals surface area contributed by atoms with Gasteiger partial charge in [0.1, 0.15) is 0 Å². The van der Waals surface area contributed by atoms with Crippen molar-refractivity contribution in [1.29, 1.82) is 0 Å². The van der Waals surface area contributed by atoms with Gasteiger partial charge in [0.25, 0.3) is 0 Å². The Morgan fingerprint density at radius 1 is 0.560 bits per heavy atom. The highest BCUT2D eigenvalue weighted by Gasteiger charge is 2.22. The molecule has 0 amide bonds. The summed E-state index contributed by atoms with van der Waals surface area (Å²) in [5, 5.41) is 9.94. The molecule has 6 heteroatoms. The number of hydrogen-bond acceptors (Lipinski definition) is 4. The lowest BCUT2D eigenvalue weighted by molar-refractivity contribution is 0.592. The third kappa shape index (κ3) is 4.65. The first kappa shape index (κ1) is 29.7. The number of rotatable bonds is 3. The Labute approximate surface area is 289 Å². The molecule has 10 rings (SSSR count). The van der Waals surface area contributed by atoms with Crippen LogP contribution in [0.4, 0.5) is 0 Å². The van der Waals surface area contributed by atoms with E-state index in [1.54, 1.807) is 6.34 Å². The molecular weight excluding hydrogens is 613 g/mol. The van der Waals surface area contributed by atoms with Crippen molar-refractivity contribution >= 4 is 77.2 Å². The molecule has 9 aromatic rings. The molecule has 4 N–H and O–H groups in total. The molecule has 0 saturated heterocycles. The van der Waals surface area contributed by atoms with Crippen LogP contribution in [0.15, 0.2) is 156 Å². The molecule has 0 saturated carbocycles. The van der Waals surface area contributed by atoms with Crippen molar-refractivity contribution in [3.8, 4) is 5.69 Å². The van der Waals surface area contributed by atoms with Crippen LogP contribution in [-0.2, 0) is 6.67 Å². The quantitative estimate of drug-likeness (QED) is 0.200. The van der Waals surface area contributed by atoms with Gasteiger partial charge in [0.15, 0.2) is 0 Å². The number of likely N-dealkylation sites (N-methyl/N-ethyl adjacent to an activating group) is 1. The van der Waals surface area contributed by atoms with Gasteiger partial charge in [-0.1, -0.05) is 133 Å². The molecule has 242 valence electrons. The summed E-state index contributed by atoms with van der Waals surface area (Å²) in [7, 11) is 1.98. The van der Waals surface area contributed by atoms with Crippen molar-refractivity contribution in [3.05, 3.63) is 157 Å². The van der Waals surface area contributed by atoms with Gasteiger partial charge in [0, 0.05) is 45.1 Å². The summed E-state index contributed by atoms with van der Waals surface area (Å²) in [6.07, 6.45) is 1.80. The Morgan fingerprint density at radius 3 is 1.70 bits per heavy atom. The van der Waals surface area contributed by atoms with Crippen molar-refractivity contribution in [3.63, 3.8) is 0 Å². The maximum atomic E-state index is 6.54. The van der Waals surface area contributed by atoms with Crippen LogP contribution < -0.4 is 11.5 Å². The Hall–Kier alpha value is -6.37. The van der Waals surface area contributed by atoms with Crippen LogP contribution in [-0.4, -0.2) is 34.0 Å². The van der Waals surface area contributed by atoms with Gasteiger partial charge in [-0.2, -0.15) is 0 Å². The lowest BCUT2D eigenvalue weighted by atomic mass is 10.0. The number of aliphatic imine (C=N–C) groups is 1. The highest BCUT2D eigenvalue weighted by Crippen LogP contribution is 2.43. The average Bonchev–Trinajstić information content (AvgIpc) is 3.87. The number of hydrogen-bond donors (Lipinski definition) is 2. The van der Waals surface area contributed by atoms with E-state index in [-0.39, 0.29) is 0 Å². The minimum atomic E-state index is 0.407. The normalized spacial score (nSPS) is 14.0. The zero-order chi connectivity index (χ0) is 33.8. The number of aromatic nitrogens is 2. The zero-order valence-corrected chi connectivity index (χ0v) is 27.8. The third-order valence-electron chi connectivity index (χ3n) is 9.92. The van der Waals surface area contributed by atoms with E-state index in [0.717, 1.165) is 29.2 Å². The first-order chi connectivity index (χ1) is 24.6. The fourth-order valence-electron chi connectivity index (χ4n) is 7.66. The van der Waals surface area contributed by atoms with Crippen LogP contribution in [0.5, 0.6) is 0 Å². The van der Waals surface area contributed by atoms with Gasteiger partial charge in [-0.05, 0) is 28.5 Å². The molecule has 50 heavy (non-hydrogen) atoms. The largest absolute Gasteiger partial charge is 0.397 e. The molecule has 0 spiro atoms. The molecule has 0 aliphatic carbocycles. The van der Waals surface area contributed by atoms with Crippen molar-refractivity contribution in [2.45, 2.75) is 6.67 Å². The van der Waals surface area contributed by atoms with Crippen molar-refractivity contribution in [2.24, 2.45) is 16.5 Å². The number of benzene rings is 7. The summed E-state index contributed by atoms with van der Waals surface area (Å²) in [6.45, 7) is 1.20. The van der Waals surface area contributed by atoms with E-state index in [0.29, 0.717) is 6.67 Å². The van der Waals surface area contributed by atoms with Gasteiger partial charge in [-0.25, -0.2) is 4.99 Å². The second-order valence-electron chi connectivity index (χ2n) is 12.9. The van der Waals surface area contributed by atoms with E-state index in [1.807, 2.05) is 42.3 Å². The van der Waals surface area contributed by atoms with Gasteiger partial charge >= 0.3 is 0 Å². The summed E-state index contributed by atoms with van der Waals surface area (Å²) in [6, 6.07) is 51.5. The van der Waals surface area contributed by atoms with Crippen LogP contribution in [0.1, 0.15) is 5.56 Å². The van der Waals surface area contributed by atoms with Crippen LogP contribution in [0.2, 0.25) is 0 Å². The van der Waals surface area contributed by atoms with Crippen molar-refractivity contribution in [2.75, 3.05) is 13.6 Å². The van der Waals surface area contributed by atoms with E-state index in [9.17, 15) is 0 Å². The molecule has 1 aliphatic heterocycles. The Morgan fingerprint density at radius 2 is 1.08 bits per heavy atom. The molecule has 0 radical (unpaired) electrons. The van der Waals surface area contributed by atoms with E-state index in [4.69, 9.17) is 11.5 Å². The second kappa shape index (κ2) is 11.9. The van der Waals surface area contributed by atoms with Crippen LogP contribution in [0, 0.1) is 0 Å². The van der Waals surface area contributed by atoms with Gasteiger partial charge in [-0.3, -0.25) is 0 Å². The molecule has 3 heterocycles. The number of para-hydroxylation sites is 1. The van der Waals surface area contributed by atoms with Gasteiger partial charge in [0.05, 0.1) is 53.0 Å². The summed E-state index contributed by atoms with van der Waals surface area (Å²) >= 11 is 0. The molecule has 7 aromatic carbocycles. The highest BCUT2D eigenvalue weighted by molar-refractivity contribution is 6.28. The molecular formula is C44H36N6. The average molecular weight is 649 g/mol. The van der Waals surface area contributed by atoms with E-state index in [2.05, 4.69) is 129 Å². The standard InChI is InChI=1S/C33H23N3.C11H13N3/c34-20-35-30-24-12-6-4-8-21(24)14-16-26(30)28-18-19-29-27-17-15-22-9-5-7-13-25(22)31(27)36(33(29)32(28)35)23-10-2-1-3-11-23;1-14-7-10(13-8-14)11(12)9-5-3-2-4-6-9/h1-19H,20,34H2;2-6,8H,7,12H2,1H3/b;11-10+. The lowest BCUT2D eigenvalue weighted by Crippen LogP contribution is -2.13. The van der Waals surface area contributed by atoms with Crippen LogP contribution >= 0.6 is 0 Å². The smallest absolute Gasteiger partial charge is 0.0911 e. The molecule has 1 aliphatic rings. The Balaban J connectivity index is 0.000000202. The molecule has 2 aromatic heterocycles. The van der Waals surface area contributed by atoms with Crippen molar-refractivity contribution in [1.82, 2.24) is 14.0 Å². The van der Waals surface area contributed by atoms with E-state index >= 15 is 0 Å². The second-order valence-corrected chi connectivity index (χ2v) is 12.9. The third-order valence-corrected chi connectivity index (χ3v) is 9.92. The van der Waals surface area contributed by atoms with E-state index in [1.165, 1.54) is 65.2 Å². The van der Waals surface area contributed by atoms with Gasteiger partial charge < -0.3 is 25.5 Å². The number of fused-ring (bicyclic) bond motifs is 11. The predicted molar refractivity (Wildman–Crippen MR) is 212 cm³/mol. The topological polar surface area (TPSA) is 77.5 Å².